The second-order valence-electron chi connectivity index (χ2n) is 7.27. The molecule has 3 heterocycles. The van der Waals surface area contributed by atoms with Crippen molar-refractivity contribution < 1.29 is 4.74 Å². The van der Waals surface area contributed by atoms with Gasteiger partial charge in [-0.3, -0.25) is 9.36 Å². The van der Waals surface area contributed by atoms with Gasteiger partial charge in [-0.15, -0.1) is 11.3 Å². The molecule has 1 aliphatic rings. The summed E-state index contributed by atoms with van der Waals surface area (Å²) >= 11 is 3.16. The Morgan fingerprint density at radius 3 is 2.81 bits per heavy atom. The van der Waals surface area contributed by atoms with Crippen LogP contribution in [0.15, 0.2) is 40.3 Å². The van der Waals surface area contributed by atoms with Crippen LogP contribution in [0.4, 0.5) is 0 Å². The Hall–Kier alpha value is -1.63. The molecule has 3 aromatic rings. The Morgan fingerprint density at radius 2 is 2.11 bits per heavy atom. The summed E-state index contributed by atoms with van der Waals surface area (Å²) in [4.78, 5) is 20.3. The molecule has 0 N–H and O–H groups in total. The van der Waals surface area contributed by atoms with Crippen molar-refractivity contribution in [3.8, 4) is 0 Å². The first-order chi connectivity index (χ1) is 13.1. The van der Waals surface area contributed by atoms with E-state index in [0.717, 1.165) is 28.2 Å². The van der Waals surface area contributed by atoms with E-state index >= 15 is 0 Å². The van der Waals surface area contributed by atoms with Gasteiger partial charge in [-0.05, 0) is 29.7 Å². The maximum atomic E-state index is 13.4. The largest absolute Gasteiger partial charge is 0.372 e. The van der Waals surface area contributed by atoms with Crippen LogP contribution in [0.3, 0.4) is 0 Å². The molecule has 1 aromatic carbocycles. The number of aromatic nitrogens is 2. The van der Waals surface area contributed by atoms with Crippen molar-refractivity contribution in [3.63, 3.8) is 0 Å². The van der Waals surface area contributed by atoms with Crippen molar-refractivity contribution in [2.24, 2.45) is 5.92 Å². The zero-order valence-electron chi connectivity index (χ0n) is 15.9. The number of thiophene rings is 1. The lowest BCUT2D eigenvalue weighted by Gasteiger charge is -2.26. The molecular formula is C21H24N2O2S2. The van der Waals surface area contributed by atoms with Gasteiger partial charge in [0.25, 0.3) is 5.56 Å². The maximum absolute atomic E-state index is 13.4. The zero-order chi connectivity index (χ0) is 19.0. The molecule has 142 valence electrons. The molecule has 27 heavy (non-hydrogen) atoms. The number of fused-ring (bicyclic) bond motifs is 3. The highest BCUT2D eigenvalue weighted by molar-refractivity contribution is 7.98. The van der Waals surface area contributed by atoms with Crippen LogP contribution in [-0.2, 0) is 30.7 Å². The van der Waals surface area contributed by atoms with Gasteiger partial charge in [0, 0.05) is 17.8 Å². The Balaban J connectivity index is 1.76. The molecule has 4 rings (SSSR count). The summed E-state index contributed by atoms with van der Waals surface area (Å²) in [5, 5.41) is 1.61. The summed E-state index contributed by atoms with van der Waals surface area (Å²) < 4.78 is 7.85. The fourth-order valence-corrected chi connectivity index (χ4v) is 5.36. The number of benzene rings is 1. The first-order valence-electron chi connectivity index (χ1n) is 9.33. The monoisotopic (exact) mass is 400 g/mol. The van der Waals surface area contributed by atoms with Crippen LogP contribution in [0.5, 0.6) is 0 Å². The Bertz CT molecular complexity index is 1010. The molecule has 0 amide bonds. The van der Waals surface area contributed by atoms with Gasteiger partial charge in [0.15, 0.2) is 5.16 Å². The summed E-state index contributed by atoms with van der Waals surface area (Å²) in [6.07, 6.45) is 3.79. The van der Waals surface area contributed by atoms with Crippen LogP contribution in [0.1, 0.15) is 29.9 Å². The van der Waals surface area contributed by atoms with Crippen molar-refractivity contribution in [3.05, 3.63) is 56.7 Å². The van der Waals surface area contributed by atoms with Crippen LogP contribution >= 0.6 is 23.1 Å². The molecule has 0 fully saturated rings. The van der Waals surface area contributed by atoms with Gasteiger partial charge in [0.05, 0.1) is 18.1 Å². The van der Waals surface area contributed by atoms with Crippen molar-refractivity contribution in [1.82, 2.24) is 9.55 Å². The van der Waals surface area contributed by atoms with Crippen molar-refractivity contribution in [2.45, 2.75) is 51.1 Å². The van der Waals surface area contributed by atoms with Gasteiger partial charge in [-0.1, -0.05) is 55.9 Å². The number of aryl methyl sites for hydroxylation is 1. The van der Waals surface area contributed by atoms with Crippen LogP contribution in [0.25, 0.3) is 10.2 Å². The minimum Gasteiger partial charge on any atom is -0.372 e. The number of thioether (sulfide) groups is 1. The van der Waals surface area contributed by atoms with E-state index in [2.05, 4.69) is 26.0 Å². The third-order valence-electron chi connectivity index (χ3n) is 5.19. The molecule has 0 spiro atoms. The average molecular weight is 401 g/mol. The topological polar surface area (TPSA) is 44.1 Å². The lowest BCUT2D eigenvalue weighted by atomic mass is 9.96. The summed E-state index contributed by atoms with van der Waals surface area (Å²) in [5.74, 6) is 0.437. The van der Waals surface area contributed by atoms with E-state index in [1.54, 1.807) is 11.3 Å². The third kappa shape index (κ3) is 3.58. The summed E-state index contributed by atoms with van der Waals surface area (Å²) in [7, 11) is 0. The SMILES string of the molecule is CSc1nc2sc3c(c2c(=O)n1CCc1ccccc1)C[C@@H](C(C)C)OC3. The fraction of sp³-hybridized carbons (Fsp3) is 0.429. The van der Waals surface area contributed by atoms with Crippen LogP contribution < -0.4 is 5.56 Å². The number of rotatable bonds is 5. The molecule has 0 saturated heterocycles. The van der Waals surface area contributed by atoms with E-state index in [-0.39, 0.29) is 11.7 Å². The van der Waals surface area contributed by atoms with E-state index in [9.17, 15) is 4.79 Å². The summed E-state index contributed by atoms with van der Waals surface area (Å²) in [6, 6.07) is 10.3. The molecule has 6 heteroatoms. The predicted octanol–water partition coefficient (Wildman–Crippen LogP) is 4.52. The Labute approximate surface area is 167 Å². The fourth-order valence-electron chi connectivity index (χ4n) is 3.61. The molecule has 2 aromatic heterocycles. The second-order valence-corrected chi connectivity index (χ2v) is 9.13. The van der Waals surface area contributed by atoms with Crippen LogP contribution in [-0.4, -0.2) is 21.9 Å². The lowest BCUT2D eigenvalue weighted by molar-refractivity contribution is 0.00200. The third-order valence-corrected chi connectivity index (χ3v) is 6.96. The van der Waals surface area contributed by atoms with Crippen molar-refractivity contribution in [2.75, 3.05) is 6.26 Å². The van der Waals surface area contributed by atoms with Crippen molar-refractivity contribution in [1.29, 1.82) is 0 Å². The molecule has 0 radical (unpaired) electrons. The summed E-state index contributed by atoms with van der Waals surface area (Å²) in [5.41, 5.74) is 2.50. The number of nitrogens with zero attached hydrogens (tertiary/aromatic N) is 2. The van der Waals surface area contributed by atoms with Crippen molar-refractivity contribution >= 4 is 33.3 Å². The minimum atomic E-state index is 0.0992. The molecule has 0 bridgehead atoms. The van der Waals surface area contributed by atoms with E-state index in [1.807, 2.05) is 29.0 Å². The predicted molar refractivity (Wildman–Crippen MR) is 113 cm³/mol. The zero-order valence-corrected chi connectivity index (χ0v) is 17.5. The second kappa shape index (κ2) is 7.78. The first-order valence-corrected chi connectivity index (χ1v) is 11.4. The number of hydrogen-bond acceptors (Lipinski definition) is 5. The van der Waals surface area contributed by atoms with Gasteiger partial charge in [-0.2, -0.15) is 0 Å². The lowest BCUT2D eigenvalue weighted by Crippen LogP contribution is -2.28. The molecule has 0 unspecified atom stereocenters. The number of hydrogen-bond donors (Lipinski definition) is 0. The smallest absolute Gasteiger partial charge is 0.263 e. The molecule has 0 saturated carbocycles. The maximum Gasteiger partial charge on any atom is 0.263 e. The molecular weight excluding hydrogens is 376 g/mol. The van der Waals surface area contributed by atoms with Gasteiger partial charge < -0.3 is 4.74 Å². The summed E-state index contributed by atoms with van der Waals surface area (Å²) in [6.45, 7) is 5.59. The molecule has 4 nitrogen and oxygen atoms in total. The van der Waals surface area contributed by atoms with E-state index in [1.165, 1.54) is 27.8 Å². The van der Waals surface area contributed by atoms with Crippen LogP contribution in [0.2, 0.25) is 0 Å². The van der Waals surface area contributed by atoms with E-state index < -0.39 is 0 Å². The minimum absolute atomic E-state index is 0.0992. The standard InChI is InChI=1S/C21H24N2O2S2/c1-13(2)16-11-15-17(12-25-16)27-19-18(15)20(24)23(21(22-19)26-3)10-9-14-7-5-4-6-8-14/h4-8,13,16H,9-12H2,1-3H3/t16-/m0/s1. The van der Waals surface area contributed by atoms with Gasteiger partial charge in [-0.25, -0.2) is 4.98 Å². The normalized spacial score (nSPS) is 16.8. The van der Waals surface area contributed by atoms with Gasteiger partial charge >= 0.3 is 0 Å². The highest BCUT2D eigenvalue weighted by Gasteiger charge is 2.28. The van der Waals surface area contributed by atoms with Gasteiger partial charge in [0.1, 0.15) is 4.83 Å². The Morgan fingerprint density at radius 1 is 1.33 bits per heavy atom. The van der Waals surface area contributed by atoms with E-state index in [0.29, 0.717) is 19.1 Å². The number of ether oxygens (including phenoxy) is 1. The molecule has 1 atom stereocenters. The first kappa shape index (κ1) is 18.7. The quantitative estimate of drug-likeness (QED) is 0.467. The van der Waals surface area contributed by atoms with Crippen LogP contribution in [0, 0.1) is 5.92 Å². The molecule has 0 aliphatic carbocycles. The van der Waals surface area contributed by atoms with E-state index in [4.69, 9.17) is 9.72 Å². The van der Waals surface area contributed by atoms with Gasteiger partial charge in [0.2, 0.25) is 0 Å². The highest BCUT2D eigenvalue weighted by Crippen LogP contribution is 2.35. The molecule has 1 aliphatic heterocycles. The average Bonchev–Trinajstić information content (AvgIpc) is 3.05. The Kier molecular flexibility index (Phi) is 5.39. The highest BCUT2D eigenvalue weighted by atomic mass is 32.2.